The van der Waals surface area contributed by atoms with Crippen LogP contribution in [0.2, 0.25) is 0 Å². The number of nitrogens with zero attached hydrogens (tertiary/aromatic N) is 3. The molecule has 1 aromatic carbocycles. The Morgan fingerprint density at radius 2 is 1.97 bits per heavy atom. The number of aromatic amines is 1. The molecular weight excluding hydrogens is 424 g/mol. The molecule has 4 heterocycles. The van der Waals surface area contributed by atoms with Gasteiger partial charge in [0.05, 0.1) is 15.8 Å². The lowest BCUT2D eigenvalue weighted by molar-refractivity contribution is -0.110. The SMILES string of the molecule is CC(=O)C1=Nc2c(O)[nH]c(=O)/c(=C\c3cn(-c4ccccc4)nc3-c3cccs3)c2=C1C. The average Bonchev–Trinajstić information content (AvgIpc) is 3.50. The van der Waals surface area contributed by atoms with E-state index in [2.05, 4.69) is 9.98 Å². The van der Waals surface area contributed by atoms with Gasteiger partial charge in [0.2, 0.25) is 5.88 Å². The van der Waals surface area contributed by atoms with Crippen LogP contribution in [0.3, 0.4) is 0 Å². The molecule has 1 aliphatic heterocycles. The van der Waals surface area contributed by atoms with E-state index in [0.717, 1.165) is 21.8 Å². The van der Waals surface area contributed by atoms with E-state index in [1.807, 2.05) is 54.0 Å². The van der Waals surface area contributed by atoms with Crippen LogP contribution < -0.4 is 16.0 Å². The van der Waals surface area contributed by atoms with E-state index < -0.39 is 5.56 Å². The molecule has 5 rings (SSSR count). The molecule has 2 N–H and O–H groups in total. The number of rotatable bonds is 4. The zero-order chi connectivity index (χ0) is 22.4. The van der Waals surface area contributed by atoms with Crippen LogP contribution in [-0.2, 0) is 4.79 Å². The van der Waals surface area contributed by atoms with Crippen LogP contribution in [0.25, 0.3) is 27.9 Å². The fraction of sp³-hybridized carbons (Fsp3) is 0.0833. The first-order chi connectivity index (χ1) is 15.4. The molecule has 0 amide bonds. The van der Waals surface area contributed by atoms with Crippen LogP contribution in [0.5, 0.6) is 5.88 Å². The fourth-order valence-corrected chi connectivity index (χ4v) is 4.57. The summed E-state index contributed by atoms with van der Waals surface area (Å²) in [6.45, 7) is 3.14. The number of ketones is 1. The van der Waals surface area contributed by atoms with Crippen molar-refractivity contribution in [3.05, 3.63) is 80.4 Å². The van der Waals surface area contributed by atoms with Gasteiger partial charge in [0.1, 0.15) is 17.1 Å². The maximum Gasteiger partial charge on any atom is 0.258 e. The topological polar surface area (TPSA) is 100 Å². The summed E-state index contributed by atoms with van der Waals surface area (Å²) in [4.78, 5) is 32.6. The summed E-state index contributed by atoms with van der Waals surface area (Å²) in [7, 11) is 0. The number of fused-ring (bicyclic) bond motifs is 1. The number of hydrogen-bond donors (Lipinski definition) is 2. The zero-order valence-electron chi connectivity index (χ0n) is 17.3. The normalized spacial score (nSPS) is 13.4. The Morgan fingerprint density at radius 1 is 1.19 bits per heavy atom. The Labute approximate surface area is 186 Å². The number of carbonyl (C=O) groups excluding carboxylic acids is 1. The van der Waals surface area contributed by atoms with Gasteiger partial charge < -0.3 is 5.11 Å². The van der Waals surface area contributed by atoms with Gasteiger partial charge in [-0.2, -0.15) is 5.10 Å². The minimum Gasteiger partial charge on any atom is -0.493 e. The third kappa shape index (κ3) is 3.21. The van der Waals surface area contributed by atoms with E-state index in [1.54, 1.807) is 29.0 Å². The largest absolute Gasteiger partial charge is 0.493 e. The summed E-state index contributed by atoms with van der Waals surface area (Å²) in [5.41, 5.74) is 2.89. The number of aliphatic imine (C=N–C) groups is 1. The van der Waals surface area contributed by atoms with Gasteiger partial charge in [-0.15, -0.1) is 11.3 Å². The van der Waals surface area contributed by atoms with Gasteiger partial charge in [0, 0.05) is 23.9 Å². The number of benzene rings is 1. The van der Waals surface area contributed by atoms with Crippen LogP contribution in [0.15, 0.2) is 63.8 Å². The van der Waals surface area contributed by atoms with Crippen molar-refractivity contribution in [2.75, 3.05) is 0 Å². The van der Waals surface area contributed by atoms with E-state index >= 15 is 0 Å². The van der Waals surface area contributed by atoms with Crippen molar-refractivity contribution in [3.63, 3.8) is 0 Å². The lowest BCUT2D eigenvalue weighted by atomic mass is 10.1. The van der Waals surface area contributed by atoms with Crippen molar-refractivity contribution in [2.24, 2.45) is 4.99 Å². The third-order valence-corrected chi connectivity index (χ3v) is 6.19. The Hall–Kier alpha value is -4.04. The molecule has 4 aromatic rings. The Morgan fingerprint density at radius 3 is 2.66 bits per heavy atom. The molecular formula is C24H18N4O3S. The van der Waals surface area contributed by atoms with Crippen LogP contribution in [0, 0.1) is 0 Å². The molecule has 0 bridgehead atoms. The van der Waals surface area contributed by atoms with Crippen LogP contribution in [0.1, 0.15) is 19.4 Å². The molecule has 0 saturated heterocycles. The highest BCUT2D eigenvalue weighted by Gasteiger charge is 2.22. The number of H-pyrrole nitrogens is 1. The number of aromatic nitrogens is 3. The number of aromatic hydroxyl groups is 1. The minimum absolute atomic E-state index is 0.201. The third-order valence-electron chi connectivity index (χ3n) is 5.31. The van der Waals surface area contributed by atoms with E-state index in [4.69, 9.17) is 5.10 Å². The van der Waals surface area contributed by atoms with Gasteiger partial charge in [0.15, 0.2) is 5.78 Å². The number of carbonyl (C=O) groups is 1. The molecule has 0 radical (unpaired) electrons. The van der Waals surface area contributed by atoms with Crippen LogP contribution in [-0.4, -0.2) is 31.4 Å². The summed E-state index contributed by atoms with van der Waals surface area (Å²) >= 11 is 1.55. The molecule has 0 spiro atoms. The van der Waals surface area contributed by atoms with Crippen molar-refractivity contribution in [3.8, 4) is 22.1 Å². The molecule has 0 unspecified atom stereocenters. The van der Waals surface area contributed by atoms with E-state index in [0.29, 0.717) is 16.0 Å². The lowest BCUT2D eigenvalue weighted by Gasteiger charge is -1.99. The van der Waals surface area contributed by atoms with Gasteiger partial charge in [0.25, 0.3) is 5.56 Å². The molecule has 8 heteroatoms. The maximum atomic E-state index is 12.9. The summed E-state index contributed by atoms with van der Waals surface area (Å²) in [5.74, 6) is -0.580. The maximum absolute atomic E-state index is 12.9. The highest BCUT2D eigenvalue weighted by atomic mass is 32.1. The number of hydrogen-bond acceptors (Lipinski definition) is 6. The number of para-hydroxylation sites is 1. The Bertz CT molecular complexity index is 1580. The average molecular weight is 443 g/mol. The lowest BCUT2D eigenvalue weighted by Crippen LogP contribution is -2.41. The van der Waals surface area contributed by atoms with Crippen molar-refractivity contribution in [2.45, 2.75) is 13.8 Å². The van der Waals surface area contributed by atoms with Crippen molar-refractivity contribution in [1.29, 1.82) is 0 Å². The van der Waals surface area contributed by atoms with Crippen LogP contribution in [0.4, 0.5) is 5.69 Å². The highest BCUT2D eigenvalue weighted by molar-refractivity contribution is 7.13. The van der Waals surface area contributed by atoms with Crippen molar-refractivity contribution < 1.29 is 9.90 Å². The predicted octanol–water partition coefficient (Wildman–Crippen LogP) is 2.67. The standard InChI is InChI=1S/C24H18N4O3S/c1-13-19-17(23(30)26-24(31)22(19)25-20(13)14(2)29)11-15-12-28(16-7-4-3-5-8-16)27-21(15)18-9-6-10-32-18/h3-12,31H,1-2H3,(H,26,30)/b17-11-. The van der Waals surface area contributed by atoms with E-state index in [9.17, 15) is 14.7 Å². The number of Topliss-reactive ketones (excluding diaryl/α,β-unsaturated/α-hetero) is 1. The van der Waals surface area contributed by atoms with Crippen LogP contribution >= 0.6 is 11.3 Å². The minimum atomic E-state index is -0.467. The summed E-state index contributed by atoms with van der Waals surface area (Å²) < 4.78 is 1.77. The van der Waals surface area contributed by atoms with Gasteiger partial charge in [-0.25, -0.2) is 9.67 Å². The summed E-state index contributed by atoms with van der Waals surface area (Å²) in [6.07, 6.45) is 3.60. The molecule has 1 aliphatic rings. The predicted molar refractivity (Wildman–Crippen MR) is 125 cm³/mol. The first kappa shape index (κ1) is 19.9. The zero-order valence-corrected chi connectivity index (χ0v) is 18.1. The molecule has 0 atom stereocenters. The Balaban J connectivity index is 1.82. The summed E-state index contributed by atoms with van der Waals surface area (Å²) in [6, 6.07) is 13.6. The van der Waals surface area contributed by atoms with E-state index in [1.165, 1.54) is 6.92 Å². The summed E-state index contributed by atoms with van der Waals surface area (Å²) in [5, 5.41) is 17.8. The van der Waals surface area contributed by atoms with Gasteiger partial charge >= 0.3 is 0 Å². The molecule has 3 aromatic heterocycles. The molecule has 158 valence electrons. The second-order valence-electron chi connectivity index (χ2n) is 7.42. The molecule has 32 heavy (non-hydrogen) atoms. The Kier molecular flexibility index (Phi) is 4.71. The fourth-order valence-electron chi connectivity index (χ4n) is 3.84. The highest BCUT2D eigenvalue weighted by Crippen LogP contribution is 2.28. The van der Waals surface area contributed by atoms with Crippen molar-refractivity contribution >= 4 is 40.2 Å². The van der Waals surface area contributed by atoms with Gasteiger partial charge in [-0.3, -0.25) is 14.6 Å². The first-order valence-corrected chi connectivity index (χ1v) is 10.8. The monoisotopic (exact) mass is 442 g/mol. The quantitative estimate of drug-likeness (QED) is 0.507. The first-order valence-electron chi connectivity index (χ1n) is 9.91. The smallest absolute Gasteiger partial charge is 0.258 e. The molecule has 0 fully saturated rings. The van der Waals surface area contributed by atoms with Gasteiger partial charge in [-0.1, -0.05) is 24.3 Å². The number of nitrogens with one attached hydrogen (secondary N) is 1. The molecule has 0 saturated carbocycles. The number of thiophene rings is 1. The second kappa shape index (κ2) is 7.58. The van der Waals surface area contributed by atoms with E-state index in [-0.39, 0.29) is 23.1 Å². The van der Waals surface area contributed by atoms with Gasteiger partial charge in [-0.05, 0) is 42.2 Å². The number of pyridine rings is 1. The van der Waals surface area contributed by atoms with Crippen molar-refractivity contribution in [1.82, 2.24) is 14.8 Å². The molecule has 0 aliphatic carbocycles. The second-order valence-corrected chi connectivity index (χ2v) is 8.36. The molecule has 7 nitrogen and oxygen atoms in total.